The number of rotatable bonds is 7. The summed E-state index contributed by atoms with van der Waals surface area (Å²) in [6.07, 6.45) is 3.17. The van der Waals surface area contributed by atoms with E-state index in [1.807, 2.05) is 6.20 Å². The lowest BCUT2D eigenvalue weighted by Gasteiger charge is -2.21. The molecule has 1 aromatic rings. The number of nitrogens with one attached hydrogen (secondary N) is 1. The Morgan fingerprint density at radius 1 is 1.35 bits per heavy atom. The van der Waals surface area contributed by atoms with Gasteiger partial charge < -0.3 is 10.2 Å². The van der Waals surface area contributed by atoms with Gasteiger partial charge in [0.15, 0.2) is 0 Å². The van der Waals surface area contributed by atoms with Crippen molar-refractivity contribution < 1.29 is 0 Å². The van der Waals surface area contributed by atoms with Crippen LogP contribution in [0.4, 0.5) is 5.82 Å². The van der Waals surface area contributed by atoms with Crippen molar-refractivity contribution in [2.75, 3.05) is 25.0 Å². The lowest BCUT2D eigenvalue weighted by atomic mass is 10.1. The van der Waals surface area contributed by atoms with Gasteiger partial charge >= 0.3 is 0 Å². The van der Waals surface area contributed by atoms with E-state index in [4.69, 9.17) is 0 Å². The fourth-order valence-electron chi connectivity index (χ4n) is 1.71. The standard InChI is InChI=1S/C14H25N3/c1-5-12(3)11-17(4)14-8-7-13(10-16-14)9-15-6-2/h7-8,10,12,15H,5-6,9,11H2,1-4H3. The van der Waals surface area contributed by atoms with Crippen molar-refractivity contribution in [2.24, 2.45) is 5.92 Å². The molecule has 3 heteroatoms. The summed E-state index contributed by atoms with van der Waals surface area (Å²) < 4.78 is 0. The van der Waals surface area contributed by atoms with Crippen LogP contribution < -0.4 is 10.2 Å². The maximum Gasteiger partial charge on any atom is 0.128 e. The van der Waals surface area contributed by atoms with Gasteiger partial charge in [-0.3, -0.25) is 0 Å². The van der Waals surface area contributed by atoms with Crippen molar-refractivity contribution in [1.29, 1.82) is 0 Å². The van der Waals surface area contributed by atoms with Gasteiger partial charge in [0.1, 0.15) is 5.82 Å². The average Bonchev–Trinajstić information content (AvgIpc) is 2.36. The Hall–Kier alpha value is -1.09. The fourth-order valence-corrected chi connectivity index (χ4v) is 1.71. The molecule has 1 rings (SSSR count). The summed E-state index contributed by atoms with van der Waals surface area (Å²) >= 11 is 0. The number of nitrogens with zero attached hydrogens (tertiary/aromatic N) is 2. The Kier molecular flexibility index (Phi) is 5.98. The van der Waals surface area contributed by atoms with Crippen LogP contribution in [0, 0.1) is 5.92 Å². The molecule has 0 aromatic carbocycles. The normalized spacial score (nSPS) is 12.5. The van der Waals surface area contributed by atoms with Gasteiger partial charge in [-0.2, -0.15) is 0 Å². The maximum absolute atomic E-state index is 4.50. The molecule has 0 aliphatic rings. The van der Waals surface area contributed by atoms with E-state index in [-0.39, 0.29) is 0 Å². The van der Waals surface area contributed by atoms with Crippen LogP contribution in [-0.2, 0) is 6.54 Å². The van der Waals surface area contributed by atoms with Crippen LogP contribution in [0.3, 0.4) is 0 Å². The largest absolute Gasteiger partial charge is 0.359 e. The Morgan fingerprint density at radius 2 is 2.12 bits per heavy atom. The average molecular weight is 235 g/mol. The van der Waals surface area contributed by atoms with Crippen molar-refractivity contribution in [3.8, 4) is 0 Å². The molecule has 0 saturated carbocycles. The number of aromatic nitrogens is 1. The highest BCUT2D eigenvalue weighted by Crippen LogP contribution is 2.12. The summed E-state index contributed by atoms with van der Waals surface area (Å²) in [7, 11) is 2.11. The molecule has 0 spiro atoms. The summed E-state index contributed by atoms with van der Waals surface area (Å²) in [5, 5.41) is 3.30. The molecule has 1 N–H and O–H groups in total. The molecule has 0 fully saturated rings. The highest BCUT2D eigenvalue weighted by atomic mass is 15.2. The molecule has 3 nitrogen and oxygen atoms in total. The second-order valence-electron chi connectivity index (χ2n) is 4.70. The van der Waals surface area contributed by atoms with Gasteiger partial charge in [-0.25, -0.2) is 4.98 Å². The Labute approximate surface area is 105 Å². The summed E-state index contributed by atoms with van der Waals surface area (Å²) in [5.41, 5.74) is 1.24. The summed E-state index contributed by atoms with van der Waals surface area (Å²) in [4.78, 5) is 6.73. The van der Waals surface area contributed by atoms with E-state index < -0.39 is 0 Å². The second-order valence-corrected chi connectivity index (χ2v) is 4.70. The zero-order chi connectivity index (χ0) is 12.7. The molecular formula is C14H25N3. The highest BCUT2D eigenvalue weighted by molar-refractivity contribution is 5.38. The first-order valence-corrected chi connectivity index (χ1v) is 6.54. The molecule has 1 aromatic heterocycles. The summed E-state index contributed by atoms with van der Waals surface area (Å²) in [6, 6.07) is 4.26. The van der Waals surface area contributed by atoms with E-state index >= 15 is 0 Å². The first kappa shape index (κ1) is 14.0. The van der Waals surface area contributed by atoms with Crippen LogP contribution >= 0.6 is 0 Å². The predicted molar refractivity (Wildman–Crippen MR) is 74.3 cm³/mol. The third-order valence-electron chi connectivity index (χ3n) is 3.06. The van der Waals surface area contributed by atoms with Gasteiger partial charge in [-0.1, -0.05) is 33.3 Å². The molecule has 0 aliphatic heterocycles. The van der Waals surface area contributed by atoms with Crippen LogP contribution in [0.1, 0.15) is 32.8 Å². The molecular weight excluding hydrogens is 210 g/mol. The lowest BCUT2D eigenvalue weighted by Crippen LogP contribution is -2.24. The first-order valence-electron chi connectivity index (χ1n) is 6.54. The Morgan fingerprint density at radius 3 is 2.65 bits per heavy atom. The molecule has 0 amide bonds. The van der Waals surface area contributed by atoms with Crippen molar-refractivity contribution >= 4 is 5.82 Å². The summed E-state index contributed by atoms with van der Waals surface area (Å²) in [6.45, 7) is 9.58. The second kappa shape index (κ2) is 7.28. The van der Waals surface area contributed by atoms with Gasteiger partial charge in [-0.15, -0.1) is 0 Å². The number of hydrogen-bond acceptors (Lipinski definition) is 3. The molecule has 0 radical (unpaired) electrons. The number of hydrogen-bond donors (Lipinski definition) is 1. The highest BCUT2D eigenvalue weighted by Gasteiger charge is 2.06. The number of anilines is 1. The van der Waals surface area contributed by atoms with Crippen molar-refractivity contribution in [3.05, 3.63) is 23.9 Å². The molecule has 1 unspecified atom stereocenters. The Bertz CT molecular complexity index is 308. The van der Waals surface area contributed by atoms with Crippen LogP contribution in [0.25, 0.3) is 0 Å². The molecule has 0 aliphatic carbocycles. The fraction of sp³-hybridized carbons (Fsp3) is 0.643. The molecule has 1 heterocycles. The van der Waals surface area contributed by atoms with E-state index in [1.165, 1.54) is 12.0 Å². The predicted octanol–water partition coefficient (Wildman–Crippen LogP) is 2.67. The minimum Gasteiger partial charge on any atom is -0.359 e. The van der Waals surface area contributed by atoms with Crippen LogP contribution in [0.2, 0.25) is 0 Å². The molecule has 96 valence electrons. The quantitative estimate of drug-likeness (QED) is 0.787. The molecule has 1 atom stereocenters. The van der Waals surface area contributed by atoms with Gasteiger partial charge in [-0.05, 0) is 24.1 Å². The van der Waals surface area contributed by atoms with E-state index in [2.05, 4.69) is 55.2 Å². The monoisotopic (exact) mass is 235 g/mol. The maximum atomic E-state index is 4.50. The van der Waals surface area contributed by atoms with Gasteiger partial charge in [0.05, 0.1) is 0 Å². The van der Waals surface area contributed by atoms with Crippen molar-refractivity contribution in [1.82, 2.24) is 10.3 Å². The van der Waals surface area contributed by atoms with Gasteiger partial charge in [0.25, 0.3) is 0 Å². The van der Waals surface area contributed by atoms with E-state index in [0.717, 1.165) is 25.5 Å². The van der Waals surface area contributed by atoms with E-state index in [0.29, 0.717) is 5.92 Å². The third-order valence-corrected chi connectivity index (χ3v) is 3.06. The lowest BCUT2D eigenvalue weighted by molar-refractivity contribution is 0.557. The SMILES string of the molecule is CCNCc1ccc(N(C)CC(C)CC)nc1. The smallest absolute Gasteiger partial charge is 0.128 e. The van der Waals surface area contributed by atoms with Crippen molar-refractivity contribution in [2.45, 2.75) is 33.7 Å². The van der Waals surface area contributed by atoms with E-state index in [1.54, 1.807) is 0 Å². The minimum absolute atomic E-state index is 0.711. The van der Waals surface area contributed by atoms with E-state index in [9.17, 15) is 0 Å². The van der Waals surface area contributed by atoms with Crippen molar-refractivity contribution in [3.63, 3.8) is 0 Å². The van der Waals surface area contributed by atoms with Gasteiger partial charge in [0.2, 0.25) is 0 Å². The number of pyridine rings is 1. The zero-order valence-corrected chi connectivity index (χ0v) is 11.5. The topological polar surface area (TPSA) is 28.2 Å². The molecule has 0 bridgehead atoms. The van der Waals surface area contributed by atoms with Crippen LogP contribution in [0.5, 0.6) is 0 Å². The molecule has 17 heavy (non-hydrogen) atoms. The minimum atomic E-state index is 0.711. The van der Waals surface area contributed by atoms with Crippen LogP contribution in [0.15, 0.2) is 18.3 Å². The molecule has 0 saturated heterocycles. The zero-order valence-electron chi connectivity index (χ0n) is 11.5. The van der Waals surface area contributed by atoms with Crippen LogP contribution in [-0.4, -0.2) is 25.1 Å². The third kappa shape index (κ3) is 4.73. The first-order chi connectivity index (χ1) is 8.17. The summed E-state index contributed by atoms with van der Waals surface area (Å²) in [5.74, 6) is 1.77. The van der Waals surface area contributed by atoms with Gasteiger partial charge in [0, 0.05) is 26.3 Å². The Balaban J connectivity index is 2.54.